The maximum atomic E-state index is 10.8. The molecule has 0 spiro atoms. The molecule has 0 fully saturated rings. The molecule has 0 aliphatic carbocycles. The van der Waals surface area contributed by atoms with Gasteiger partial charge in [-0.15, -0.1) is 0 Å². The molecule has 1 atom stereocenters. The predicted molar refractivity (Wildman–Crippen MR) is 61.0 cm³/mol. The van der Waals surface area contributed by atoms with Crippen molar-refractivity contribution < 1.29 is 4.79 Å². The Kier molecular flexibility index (Phi) is 6.81. The van der Waals surface area contributed by atoms with Crippen LogP contribution in [-0.4, -0.2) is 30.3 Å². The third-order valence-corrected chi connectivity index (χ3v) is 2.16. The van der Waals surface area contributed by atoms with Crippen molar-refractivity contribution in [3.05, 3.63) is 0 Å². The smallest absolute Gasteiger partial charge is 0.217 e. The lowest BCUT2D eigenvalue weighted by atomic mass is 10.1. The normalized spacial score (nSPS) is 14.0. The van der Waals surface area contributed by atoms with Crippen LogP contribution >= 0.6 is 0 Å². The second kappa shape index (κ2) is 6.99. The van der Waals surface area contributed by atoms with Crippen LogP contribution in [0.25, 0.3) is 0 Å². The third-order valence-electron chi connectivity index (χ3n) is 2.16. The molecule has 0 aromatic heterocycles. The first kappa shape index (κ1) is 13.6. The van der Waals surface area contributed by atoms with Gasteiger partial charge in [-0.3, -0.25) is 9.69 Å². The van der Waals surface area contributed by atoms with Crippen molar-refractivity contribution in [3.8, 4) is 0 Å². The highest BCUT2D eigenvalue weighted by atomic mass is 16.1. The minimum absolute atomic E-state index is 0.0141. The second-order valence-electron chi connectivity index (χ2n) is 4.78. The first-order valence-corrected chi connectivity index (χ1v) is 5.62. The van der Waals surface area contributed by atoms with Gasteiger partial charge in [0.15, 0.2) is 0 Å². The maximum Gasteiger partial charge on any atom is 0.217 e. The van der Waals surface area contributed by atoms with E-state index in [1.54, 1.807) is 0 Å². The largest absolute Gasteiger partial charge is 0.293 e. The zero-order valence-electron chi connectivity index (χ0n) is 10.2. The molecule has 0 rings (SSSR count). The van der Waals surface area contributed by atoms with Crippen LogP contribution in [0.2, 0.25) is 0 Å². The first-order valence-electron chi connectivity index (χ1n) is 5.62. The lowest BCUT2D eigenvalue weighted by molar-refractivity contribution is 0.186. The Morgan fingerprint density at radius 2 is 1.50 bits per heavy atom. The van der Waals surface area contributed by atoms with Gasteiger partial charge in [0.25, 0.3) is 0 Å². The Hall–Kier alpha value is -0.370. The highest BCUT2D eigenvalue weighted by Crippen LogP contribution is 2.09. The zero-order valence-corrected chi connectivity index (χ0v) is 10.2. The van der Waals surface area contributed by atoms with Gasteiger partial charge in [-0.25, -0.2) is 0 Å². The Bertz CT molecular complexity index is 144. The number of rotatable bonds is 7. The molecule has 0 aliphatic heterocycles. The van der Waals surface area contributed by atoms with Gasteiger partial charge in [0.2, 0.25) is 6.29 Å². The highest BCUT2D eigenvalue weighted by molar-refractivity contribution is 5.58. The van der Waals surface area contributed by atoms with E-state index in [0.717, 1.165) is 19.5 Å². The molecule has 0 aliphatic rings. The zero-order chi connectivity index (χ0) is 11.1. The summed E-state index contributed by atoms with van der Waals surface area (Å²) < 4.78 is 0. The van der Waals surface area contributed by atoms with Crippen molar-refractivity contribution in [1.82, 2.24) is 4.90 Å². The van der Waals surface area contributed by atoms with Crippen LogP contribution in [0.1, 0.15) is 41.0 Å². The molecule has 0 amide bonds. The Labute approximate surface area is 88.7 Å². The fraction of sp³-hybridized carbons (Fsp3) is 0.917. The number of carbonyl (C=O) groups excluding carboxylic acids is 1. The summed E-state index contributed by atoms with van der Waals surface area (Å²) in [5.74, 6) is 1.22. The highest BCUT2D eigenvalue weighted by Gasteiger charge is 2.18. The fourth-order valence-electron chi connectivity index (χ4n) is 1.68. The van der Waals surface area contributed by atoms with Gasteiger partial charge in [-0.2, -0.15) is 0 Å². The van der Waals surface area contributed by atoms with Gasteiger partial charge in [0.05, 0.1) is 6.04 Å². The van der Waals surface area contributed by atoms with Crippen LogP contribution in [0, 0.1) is 11.8 Å². The Morgan fingerprint density at radius 1 is 1.07 bits per heavy atom. The summed E-state index contributed by atoms with van der Waals surface area (Å²) in [5, 5.41) is 0. The molecule has 0 aromatic rings. The molecule has 1 radical (unpaired) electrons. The molecule has 2 heteroatoms. The summed E-state index contributed by atoms with van der Waals surface area (Å²) in [6.07, 6.45) is 3.00. The van der Waals surface area contributed by atoms with E-state index in [0.29, 0.717) is 11.8 Å². The molecule has 83 valence electrons. The molecule has 0 saturated carbocycles. The van der Waals surface area contributed by atoms with Crippen molar-refractivity contribution in [1.29, 1.82) is 0 Å². The third kappa shape index (κ3) is 5.38. The molecule has 1 unspecified atom stereocenters. The van der Waals surface area contributed by atoms with Crippen molar-refractivity contribution in [2.45, 2.75) is 47.1 Å². The summed E-state index contributed by atoms with van der Waals surface area (Å²) in [7, 11) is 0. The minimum atomic E-state index is -0.0141. The quantitative estimate of drug-likeness (QED) is 0.626. The topological polar surface area (TPSA) is 20.3 Å². The van der Waals surface area contributed by atoms with Gasteiger partial charge >= 0.3 is 0 Å². The van der Waals surface area contributed by atoms with E-state index in [2.05, 4.69) is 38.9 Å². The molecule has 0 heterocycles. The molecule has 0 saturated heterocycles. The van der Waals surface area contributed by atoms with Crippen molar-refractivity contribution >= 4 is 6.29 Å². The van der Waals surface area contributed by atoms with E-state index in [9.17, 15) is 4.79 Å². The number of hydrogen-bond acceptors (Lipinski definition) is 2. The maximum absolute atomic E-state index is 10.8. The number of hydrogen-bond donors (Lipinski definition) is 0. The summed E-state index contributed by atoms with van der Waals surface area (Å²) in [4.78, 5) is 13.0. The average Bonchev–Trinajstić information content (AvgIpc) is 2.03. The van der Waals surface area contributed by atoms with Crippen molar-refractivity contribution in [2.75, 3.05) is 13.1 Å². The molecule has 0 bridgehead atoms. The number of nitrogens with zero attached hydrogens (tertiary/aromatic N) is 1. The van der Waals surface area contributed by atoms with E-state index >= 15 is 0 Å². The molecular formula is C12H24NO. The molecular weight excluding hydrogens is 174 g/mol. The van der Waals surface area contributed by atoms with Crippen molar-refractivity contribution in [2.24, 2.45) is 11.8 Å². The van der Waals surface area contributed by atoms with Crippen LogP contribution in [0.5, 0.6) is 0 Å². The molecule has 2 nitrogen and oxygen atoms in total. The SMILES string of the molecule is CCC([C]=O)N(CC(C)C)CC(C)C. The first-order chi connectivity index (χ1) is 6.51. The minimum Gasteiger partial charge on any atom is -0.293 e. The Balaban J connectivity index is 4.27. The van der Waals surface area contributed by atoms with Crippen LogP contribution in [-0.2, 0) is 4.79 Å². The van der Waals surface area contributed by atoms with E-state index in [-0.39, 0.29) is 6.04 Å². The standard InChI is InChI=1S/C12H24NO/c1-6-12(9-14)13(7-10(2)3)8-11(4)5/h10-12H,6-8H2,1-5H3. The molecule has 14 heavy (non-hydrogen) atoms. The van der Waals surface area contributed by atoms with E-state index in [4.69, 9.17) is 0 Å². The lowest BCUT2D eigenvalue weighted by Gasteiger charge is -2.29. The van der Waals surface area contributed by atoms with E-state index in [1.807, 2.05) is 6.92 Å². The van der Waals surface area contributed by atoms with Crippen LogP contribution in [0.3, 0.4) is 0 Å². The van der Waals surface area contributed by atoms with E-state index < -0.39 is 0 Å². The van der Waals surface area contributed by atoms with Gasteiger partial charge < -0.3 is 0 Å². The summed E-state index contributed by atoms with van der Waals surface area (Å²) >= 11 is 0. The van der Waals surface area contributed by atoms with Crippen molar-refractivity contribution in [3.63, 3.8) is 0 Å². The summed E-state index contributed by atoms with van der Waals surface area (Å²) in [6, 6.07) is -0.0141. The van der Waals surface area contributed by atoms with Crippen LogP contribution in [0.4, 0.5) is 0 Å². The van der Waals surface area contributed by atoms with Crippen LogP contribution in [0.15, 0.2) is 0 Å². The van der Waals surface area contributed by atoms with Gasteiger partial charge in [0.1, 0.15) is 0 Å². The predicted octanol–water partition coefficient (Wildman–Crippen LogP) is 2.49. The summed E-state index contributed by atoms with van der Waals surface area (Å²) in [6.45, 7) is 12.8. The average molecular weight is 198 g/mol. The van der Waals surface area contributed by atoms with Crippen LogP contribution < -0.4 is 0 Å². The molecule has 0 N–H and O–H groups in total. The van der Waals surface area contributed by atoms with Gasteiger partial charge in [-0.05, 0) is 18.3 Å². The summed E-state index contributed by atoms with van der Waals surface area (Å²) in [5.41, 5.74) is 0. The van der Waals surface area contributed by atoms with Gasteiger partial charge in [-0.1, -0.05) is 34.6 Å². The Morgan fingerprint density at radius 3 is 1.71 bits per heavy atom. The lowest BCUT2D eigenvalue weighted by Crippen LogP contribution is -2.40. The fourth-order valence-corrected chi connectivity index (χ4v) is 1.68. The molecule has 0 aromatic carbocycles. The monoisotopic (exact) mass is 198 g/mol. The van der Waals surface area contributed by atoms with Gasteiger partial charge in [0, 0.05) is 13.1 Å². The van der Waals surface area contributed by atoms with E-state index in [1.165, 1.54) is 0 Å². The second-order valence-corrected chi connectivity index (χ2v) is 4.78.